The Bertz CT molecular complexity index is 557. The second kappa shape index (κ2) is 5.17. The van der Waals surface area contributed by atoms with E-state index in [0.29, 0.717) is 16.6 Å². The molecule has 1 nitrogen and oxygen atoms in total. The Morgan fingerprint density at radius 1 is 1.12 bits per heavy atom. The van der Waals surface area contributed by atoms with E-state index in [1.165, 1.54) is 0 Å². The molecule has 0 aliphatic carbocycles. The first kappa shape index (κ1) is 12.6. The highest BCUT2D eigenvalue weighted by molar-refractivity contribution is 9.10. The first-order chi connectivity index (χ1) is 8.15. The number of benzene rings is 2. The first-order valence-electron chi connectivity index (χ1n) is 5.07. The van der Waals surface area contributed by atoms with Crippen LogP contribution in [0.25, 0.3) is 11.1 Å². The molecule has 0 unspecified atom stereocenters. The molecule has 0 saturated heterocycles. The third-order valence-corrected chi connectivity index (χ3v) is 3.82. The van der Waals surface area contributed by atoms with Gasteiger partial charge in [0.2, 0.25) is 0 Å². The van der Waals surface area contributed by atoms with Gasteiger partial charge in [-0.15, -0.1) is 0 Å². The monoisotopic (exact) mass is 313 g/mol. The van der Waals surface area contributed by atoms with Gasteiger partial charge in [-0.25, -0.2) is 4.39 Å². The van der Waals surface area contributed by atoms with Crippen molar-refractivity contribution in [3.63, 3.8) is 0 Å². The third kappa shape index (κ3) is 2.37. The fourth-order valence-electron chi connectivity index (χ4n) is 1.69. The minimum atomic E-state index is -0.429. The number of hydrogen-bond acceptors (Lipinski definition) is 1. The molecule has 0 aromatic heterocycles. The topological polar surface area (TPSA) is 26.0 Å². The zero-order chi connectivity index (χ0) is 12.4. The molecule has 2 aromatic carbocycles. The SMILES string of the molecule is NCc1ccccc1-c1ccc(Br)c(Cl)c1F. The predicted molar refractivity (Wildman–Crippen MR) is 72.4 cm³/mol. The normalized spacial score (nSPS) is 10.6. The summed E-state index contributed by atoms with van der Waals surface area (Å²) in [4.78, 5) is 0. The van der Waals surface area contributed by atoms with Crippen molar-refractivity contribution in [1.29, 1.82) is 0 Å². The van der Waals surface area contributed by atoms with Crippen LogP contribution in [-0.4, -0.2) is 0 Å². The maximum absolute atomic E-state index is 14.1. The summed E-state index contributed by atoms with van der Waals surface area (Å²) in [5.74, 6) is -0.429. The van der Waals surface area contributed by atoms with Crippen LogP contribution in [0.2, 0.25) is 5.02 Å². The summed E-state index contributed by atoms with van der Waals surface area (Å²) >= 11 is 9.07. The van der Waals surface area contributed by atoms with Crippen molar-refractivity contribution < 1.29 is 4.39 Å². The molecule has 88 valence electrons. The van der Waals surface area contributed by atoms with Crippen LogP contribution in [0, 0.1) is 5.82 Å². The Morgan fingerprint density at radius 2 is 1.82 bits per heavy atom. The van der Waals surface area contributed by atoms with Crippen LogP contribution in [0.1, 0.15) is 5.56 Å². The molecule has 2 N–H and O–H groups in total. The van der Waals surface area contributed by atoms with Gasteiger partial charge in [-0.2, -0.15) is 0 Å². The first-order valence-corrected chi connectivity index (χ1v) is 6.24. The van der Waals surface area contributed by atoms with E-state index in [4.69, 9.17) is 17.3 Å². The quantitative estimate of drug-likeness (QED) is 0.819. The lowest BCUT2D eigenvalue weighted by molar-refractivity contribution is 0.630. The van der Waals surface area contributed by atoms with E-state index in [9.17, 15) is 4.39 Å². The fraction of sp³-hybridized carbons (Fsp3) is 0.0769. The highest BCUT2D eigenvalue weighted by Gasteiger charge is 2.13. The van der Waals surface area contributed by atoms with Crippen molar-refractivity contribution in [3.05, 3.63) is 57.3 Å². The zero-order valence-corrected chi connectivity index (χ0v) is 11.2. The lowest BCUT2D eigenvalue weighted by Crippen LogP contribution is -1.99. The van der Waals surface area contributed by atoms with Gasteiger partial charge < -0.3 is 5.73 Å². The van der Waals surface area contributed by atoms with Gasteiger partial charge in [0.25, 0.3) is 0 Å². The van der Waals surface area contributed by atoms with Crippen molar-refractivity contribution >= 4 is 27.5 Å². The van der Waals surface area contributed by atoms with Gasteiger partial charge in [-0.3, -0.25) is 0 Å². The van der Waals surface area contributed by atoms with Gasteiger partial charge in [0.05, 0.1) is 5.02 Å². The van der Waals surface area contributed by atoms with Crippen LogP contribution in [0.15, 0.2) is 40.9 Å². The van der Waals surface area contributed by atoms with Crippen molar-refractivity contribution in [2.45, 2.75) is 6.54 Å². The molecule has 0 atom stereocenters. The van der Waals surface area contributed by atoms with Crippen LogP contribution in [0.5, 0.6) is 0 Å². The van der Waals surface area contributed by atoms with E-state index >= 15 is 0 Å². The number of rotatable bonds is 2. The third-order valence-electron chi connectivity index (χ3n) is 2.56. The molecule has 0 fully saturated rings. The average Bonchev–Trinajstić information content (AvgIpc) is 2.36. The number of hydrogen-bond donors (Lipinski definition) is 1. The Hall–Kier alpha value is -0.900. The van der Waals surface area contributed by atoms with Gasteiger partial charge >= 0.3 is 0 Å². The Balaban J connectivity index is 2.65. The van der Waals surface area contributed by atoms with Gasteiger partial charge in [0.15, 0.2) is 5.82 Å². The summed E-state index contributed by atoms with van der Waals surface area (Å²) in [6.45, 7) is 0.364. The van der Waals surface area contributed by atoms with Gasteiger partial charge in [0, 0.05) is 16.6 Å². The molecule has 2 aromatic rings. The Labute approximate surface area is 113 Å². The van der Waals surface area contributed by atoms with E-state index in [-0.39, 0.29) is 5.02 Å². The Morgan fingerprint density at radius 3 is 2.53 bits per heavy atom. The minimum absolute atomic E-state index is 0.0920. The molecule has 0 aliphatic rings. The Kier molecular flexibility index (Phi) is 3.82. The van der Waals surface area contributed by atoms with E-state index in [0.717, 1.165) is 11.1 Å². The fourth-order valence-corrected chi connectivity index (χ4v) is 2.17. The van der Waals surface area contributed by atoms with Gasteiger partial charge in [0.1, 0.15) is 0 Å². The molecule has 0 bridgehead atoms. The predicted octanol–water partition coefficient (Wildman–Crippen LogP) is 4.37. The maximum atomic E-state index is 14.1. The van der Waals surface area contributed by atoms with E-state index in [1.54, 1.807) is 12.1 Å². The van der Waals surface area contributed by atoms with E-state index in [2.05, 4.69) is 15.9 Å². The van der Waals surface area contributed by atoms with Crippen LogP contribution < -0.4 is 5.73 Å². The maximum Gasteiger partial charge on any atom is 0.150 e. The summed E-state index contributed by atoms with van der Waals surface area (Å²) in [5, 5.41) is 0.0920. The second-order valence-corrected chi connectivity index (χ2v) is 4.82. The largest absolute Gasteiger partial charge is 0.326 e. The molecular weight excluding hydrogens is 305 g/mol. The highest BCUT2D eigenvalue weighted by Crippen LogP contribution is 2.34. The molecule has 0 saturated carbocycles. The van der Waals surface area contributed by atoms with Crippen LogP contribution in [0.4, 0.5) is 4.39 Å². The molecule has 4 heteroatoms. The summed E-state index contributed by atoms with van der Waals surface area (Å²) in [6, 6.07) is 10.9. The zero-order valence-electron chi connectivity index (χ0n) is 8.88. The highest BCUT2D eigenvalue weighted by atomic mass is 79.9. The summed E-state index contributed by atoms with van der Waals surface area (Å²) in [5.41, 5.74) is 7.79. The molecular formula is C13H10BrClFN. The lowest BCUT2D eigenvalue weighted by Gasteiger charge is -2.10. The summed E-state index contributed by atoms with van der Waals surface area (Å²) in [6.07, 6.45) is 0. The lowest BCUT2D eigenvalue weighted by atomic mass is 9.99. The van der Waals surface area contributed by atoms with Gasteiger partial charge in [-0.1, -0.05) is 41.9 Å². The molecule has 2 rings (SSSR count). The van der Waals surface area contributed by atoms with Gasteiger partial charge in [-0.05, 0) is 33.1 Å². The van der Waals surface area contributed by atoms with Crippen molar-refractivity contribution in [2.75, 3.05) is 0 Å². The molecule has 0 heterocycles. The molecule has 0 aliphatic heterocycles. The van der Waals surface area contributed by atoms with E-state index < -0.39 is 5.82 Å². The second-order valence-electron chi connectivity index (χ2n) is 3.58. The molecule has 0 amide bonds. The molecule has 0 spiro atoms. The van der Waals surface area contributed by atoms with Crippen molar-refractivity contribution in [3.8, 4) is 11.1 Å². The van der Waals surface area contributed by atoms with Crippen molar-refractivity contribution in [2.24, 2.45) is 5.73 Å². The number of halogens is 3. The van der Waals surface area contributed by atoms with Crippen molar-refractivity contribution in [1.82, 2.24) is 0 Å². The smallest absolute Gasteiger partial charge is 0.150 e. The summed E-state index contributed by atoms with van der Waals surface area (Å²) in [7, 11) is 0. The average molecular weight is 315 g/mol. The van der Waals surface area contributed by atoms with Crippen LogP contribution in [0.3, 0.4) is 0 Å². The molecule has 17 heavy (non-hydrogen) atoms. The molecule has 0 radical (unpaired) electrons. The number of nitrogens with two attached hydrogens (primary N) is 1. The van der Waals surface area contributed by atoms with Crippen LogP contribution in [-0.2, 0) is 6.54 Å². The minimum Gasteiger partial charge on any atom is -0.326 e. The van der Waals surface area contributed by atoms with E-state index in [1.807, 2.05) is 24.3 Å². The van der Waals surface area contributed by atoms with Crippen LogP contribution >= 0.6 is 27.5 Å². The standard InChI is InChI=1S/C13H10BrClFN/c14-11-6-5-10(13(16)12(11)15)9-4-2-1-3-8(9)7-17/h1-6H,7,17H2. The summed E-state index contributed by atoms with van der Waals surface area (Å²) < 4.78 is 14.6.